The van der Waals surface area contributed by atoms with Gasteiger partial charge >= 0.3 is 0 Å². The Hall–Kier alpha value is -1.36. The highest BCUT2D eigenvalue weighted by Gasteiger charge is 2.31. The summed E-state index contributed by atoms with van der Waals surface area (Å²) in [6.07, 6.45) is 4.60. The minimum Gasteiger partial charge on any atom is -0.367 e. The second-order valence-corrected chi connectivity index (χ2v) is 5.41. The Kier molecular flexibility index (Phi) is 4.58. The SMILES string of the molecule is CCc1nc(NN)cc(NC2CCC(CC)C2C)n1. The van der Waals surface area contributed by atoms with Crippen LogP contribution in [0.5, 0.6) is 0 Å². The van der Waals surface area contributed by atoms with E-state index in [4.69, 9.17) is 5.84 Å². The zero-order valence-corrected chi connectivity index (χ0v) is 12.1. The summed E-state index contributed by atoms with van der Waals surface area (Å²) in [5.74, 6) is 9.35. The Morgan fingerprint density at radius 3 is 2.58 bits per heavy atom. The average molecular weight is 263 g/mol. The molecule has 106 valence electrons. The van der Waals surface area contributed by atoms with Crippen LogP contribution in [-0.4, -0.2) is 16.0 Å². The van der Waals surface area contributed by atoms with Crippen LogP contribution >= 0.6 is 0 Å². The Balaban J connectivity index is 2.10. The smallest absolute Gasteiger partial charge is 0.145 e. The molecule has 5 heteroatoms. The molecule has 3 atom stereocenters. The van der Waals surface area contributed by atoms with Gasteiger partial charge in [-0.3, -0.25) is 0 Å². The van der Waals surface area contributed by atoms with Gasteiger partial charge in [0.25, 0.3) is 0 Å². The first-order chi connectivity index (χ1) is 9.17. The van der Waals surface area contributed by atoms with E-state index in [-0.39, 0.29) is 0 Å². The molecule has 1 aliphatic rings. The van der Waals surface area contributed by atoms with Gasteiger partial charge in [-0.1, -0.05) is 27.2 Å². The van der Waals surface area contributed by atoms with Crippen molar-refractivity contribution in [3.05, 3.63) is 11.9 Å². The van der Waals surface area contributed by atoms with Gasteiger partial charge in [0.05, 0.1) is 0 Å². The van der Waals surface area contributed by atoms with E-state index in [0.717, 1.165) is 24.0 Å². The van der Waals surface area contributed by atoms with Crippen LogP contribution in [-0.2, 0) is 6.42 Å². The van der Waals surface area contributed by atoms with Crippen molar-refractivity contribution in [2.24, 2.45) is 17.7 Å². The van der Waals surface area contributed by atoms with E-state index in [1.165, 1.54) is 19.3 Å². The van der Waals surface area contributed by atoms with Crippen LogP contribution in [0.1, 0.15) is 45.9 Å². The third kappa shape index (κ3) is 3.15. The quantitative estimate of drug-likeness (QED) is 0.562. The number of aromatic nitrogens is 2. The minimum absolute atomic E-state index is 0.509. The topological polar surface area (TPSA) is 75.9 Å². The fourth-order valence-electron chi connectivity index (χ4n) is 3.02. The maximum Gasteiger partial charge on any atom is 0.145 e. The Labute approximate surface area is 115 Å². The summed E-state index contributed by atoms with van der Waals surface area (Å²) >= 11 is 0. The van der Waals surface area contributed by atoms with Gasteiger partial charge in [-0.05, 0) is 24.7 Å². The summed E-state index contributed by atoms with van der Waals surface area (Å²) in [5.41, 5.74) is 2.61. The number of nitrogens with one attached hydrogen (secondary N) is 2. The second kappa shape index (κ2) is 6.19. The molecular weight excluding hydrogens is 238 g/mol. The largest absolute Gasteiger partial charge is 0.367 e. The molecule has 1 saturated carbocycles. The van der Waals surface area contributed by atoms with Gasteiger partial charge in [0.15, 0.2) is 0 Å². The fourth-order valence-corrected chi connectivity index (χ4v) is 3.02. The Morgan fingerprint density at radius 2 is 2.00 bits per heavy atom. The summed E-state index contributed by atoms with van der Waals surface area (Å²) in [6, 6.07) is 2.39. The molecule has 1 aromatic heterocycles. The van der Waals surface area contributed by atoms with Gasteiger partial charge < -0.3 is 10.7 Å². The van der Waals surface area contributed by atoms with Crippen molar-refractivity contribution in [2.45, 2.75) is 52.5 Å². The number of nitrogens with zero attached hydrogens (tertiary/aromatic N) is 2. The number of aryl methyl sites for hydroxylation is 1. The number of nitrogen functional groups attached to an aromatic ring is 1. The maximum absolute atomic E-state index is 5.45. The first kappa shape index (κ1) is 14.1. The molecule has 1 aromatic rings. The zero-order chi connectivity index (χ0) is 13.8. The van der Waals surface area contributed by atoms with Crippen molar-refractivity contribution >= 4 is 11.6 Å². The normalized spacial score (nSPS) is 26.4. The molecule has 19 heavy (non-hydrogen) atoms. The standard InChI is InChI=1S/C14H25N5/c1-4-10-6-7-11(9(10)3)16-13-8-14(19-15)18-12(5-2)17-13/h8-11H,4-7,15H2,1-3H3,(H2,16,17,18,19). The van der Waals surface area contributed by atoms with Gasteiger partial charge in [0.2, 0.25) is 0 Å². The van der Waals surface area contributed by atoms with E-state index < -0.39 is 0 Å². The third-order valence-corrected chi connectivity index (χ3v) is 4.32. The van der Waals surface area contributed by atoms with E-state index in [1.54, 1.807) is 0 Å². The average Bonchev–Trinajstić information content (AvgIpc) is 2.79. The van der Waals surface area contributed by atoms with E-state index >= 15 is 0 Å². The van der Waals surface area contributed by atoms with Gasteiger partial charge in [0.1, 0.15) is 17.5 Å². The first-order valence-corrected chi connectivity index (χ1v) is 7.29. The molecule has 2 rings (SSSR count). The lowest BCUT2D eigenvalue weighted by Crippen LogP contribution is -2.25. The van der Waals surface area contributed by atoms with Crippen LogP contribution in [0.15, 0.2) is 6.07 Å². The van der Waals surface area contributed by atoms with Gasteiger partial charge in [-0.15, -0.1) is 0 Å². The van der Waals surface area contributed by atoms with E-state index in [1.807, 2.05) is 13.0 Å². The predicted octanol–water partition coefficient (Wildman–Crippen LogP) is 2.56. The van der Waals surface area contributed by atoms with Crippen molar-refractivity contribution < 1.29 is 0 Å². The van der Waals surface area contributed by atoms with E-state index in [9.17, 15) is 0 Å². The maximum atomic E-state index is 5.45. The summed E-state index contributed by atoms with van der Waals surface area (Å²) in [5, 5.41) is 3.56. The molecular formula is C14H25N5. The minimum atomic E-state index is 0.509. The molecule has 0 saturated heterocycles. The van der Waals surface area contributed by atoms with Gasteiger partial charge in [0, 0.05) is 18.5 Å². The van der Waals surface area contributed by atoms with E-state index in [0.29, 0.717) is 17.8 Å². The Morgan fingerprint density at radius 1 is 1.26 bits per heavy atom. The lowest BCUT2D eigenvalue weighted by molar-refractivity contribution is 0.391. The molecule has 1 heterocycles. The molecule has 0 spiro atoms. The summed E-state index contributed by atoms with van der Waals surface area (Å²) in [6.45, 7) is 6.66. The third-order valence-electron chi connectivity index (χ3n) is 4.32. The van der Waals surface area contributed by atoms with Crippen molar-refractivity contribution in [3.63, 3.8) is 0 Å². The monoisotopic (exact) mass is 263 g/mol. The predicted molar refractivity (Wildman–Crippen MR) is 78.8 cm³/mol. The summed E-state index contributed by atoms with van der Waals surface area (Å²) < 4.78 is 0. The number of hydrogen-bond acceptors (Lipinski definition) is 5. The summed E-state index contributed by atoms with van der Waals surface area (Å²) in [7, 11) is 0. The van der Waals surface area contributed by atoms with Crippen LogP contribution < -0.4 is 16.6 Å². The highest BCUT2D eigenvalue weighted by molar-refractivity contribution is 5.47. The number of hydrogen-bond donors (Lipinski definition) is 3. The van der Waals surface area contributed by atoms with Gasteiger partial charge in [-0.2, -0.15) is 0 Å². The number of nitrogens with two attached hydrogens (primary N) is 1. The molecule has 3 unspecified atom stereocenters. The van der Waals surface area contributed by atoms with Crippen LogP contribution in [0.25, 0.3) is 0 Å². The van der Waals surface area contributed by atoms with Crippen molar-refractivity contribution in [1.82, 2.24) is 9.97 Å². The molecule has 4 N–H and O–H groups in total. The highest BCUT2D eigenvalue weighted by Crippen LogP contribution is 2.35. The highest BCUT2D eigenvalue weighted by atomic mass is 15.3. The number of anilines is 2. The fraction of sp³-hybridized carbons (Fsp3) is 0.714. The Bertz CT molecular complexity index is 398. The number of hydrazine groups is 1. The van der Waals surface area contributed by atoms with E-state index in [2.05, 4.69) is 34.6 Å². The molecule has 1 aliphatic carbocycles. The zero-order valence-electron chi connectivity index (χ0n) is 12.1. The van der Waals surface area contributed by atoms with Crippen molar-refractivity contribution in [2.75, 3.05) is 10.7 Å². The lowest BCUT2D eigenvalue weighted by atomic mass is 9.93. The van der Waals surface area contributed by atoms with Crippen LogP contribution in [0.3, 0.4) is 0 Å². The van der Waals surface area contributed by atoms with Gasteiger partial charge in [-0.25, -0.2) is 15.8 Å². The van der Waals surface area contributed by atoms with Crippen molar-refractivity contribution in [1.29, 1.82) is 0 Å². The second-order valence-electron chi connectivity index (χ2n) is 5.41. The molecule has 5 nitrogen and oxygen atoms in total. The molecule has 0 radical (unpaired) electrons. The lowest BCUT2D eigenvalue weighted by Gasteiger charge is -2.21. The molecule has 0 amide bonds. The van der Waals surface area contributed by atoms with Crippen LogP contribution in [0.4, 0.5) is 11.6 Å². The molecule has 1 fully saturated rings. The molecule has 0 aliphatic heterocycles. The number of rotatable bonds is 5. The molecule has 0 bridgehead atoms. The molecule has 0 aromatic carbocycles. The van der Waals surface area contributed by atoms with Crippen LogP contribution in [0.2, 0.25) is 0 Å². The van der Waals surface area contributed by atoms with Crippen molar-refractivity contribution in [3.8, 4) is 0 Å². The summed E-state index contributed by atoms with van der Waals surface area (Å²) in [4.78, 5) is 8.84. The first-order valence-electron chi connectivity index (χ1n) is 7.29. The van der Waals surface area contributed by atoms with Crippen LogP contribution in [0, 0.1) is 11.8 Å².